The highest BCUT2D eigenvalue weighted by Gasteiger charge is 2.02. The fourth-order valence-corrected chi connectivity index (χ4v) is 1.99. The summed E-state index contributed by atoms with van der Waals surface area (Å²) in [7, 11) is 1.89. The zero-order valence-corrected chi connectivity index (χ0v) is 12.7. The molecule has 2 aromatic heterocycles. The van der Waals surface area contributed by atoms with Crippen LogP contribution in [0.1, 0.15) is 31.2 Å². The molecule has 2 aromatic rings. The largest absolute Gasteiger partial charge is 0.408 e. The van der Waals surface area contributed by atoms with E-state index in [2.05, 4.69) is 44.5 Å². The van der Waals surface area contributed by atoms with Gasteiger partial charge in [-0.1, -0.05) is 13.8 Å². The number of carbonyl (C=O) groups excluding carboxylic acids is 1. The summed E-state index contributed by atoms with van der Waals surface area (Å²) >= 11 is 1.66. The lowest BCUT2D eigenvalue weighted by Gasteiger charge is -1.96. The van der Waals surface area contributed by atoms with Crippen molar-refractivity contribution in [1.29, 1.82) is 5.26 Å². The molecule has 0 fully saturated rings. The first-order valence-electron chi connectivity index (χ1n) is 6.08. The van der Waals surface area contributed by atoms with E-state index in [1.807, 2.05) is 7.05 Å². The number of nitrogens with zero attached hydrogens (tertiary/aromatic N) is 4. The van der Waals surface area contributed by atoms with E-state index in [9.17, 15) is 4.79 Å². The van der Waals surface area contributed by atoms with Gasteiger partial charge in [-0.2, -0.15) is 5.26 Å². The first kappa shape index (κ1) is 16.5. The van der Waals surface area contributed by atoms with Crippen LogP contribution in [0.3, 0.4) is 0 Å². The van der Waals surface area contributed by atoms with Crippen molar-refractivity contribution in [2.75, 3.05) is 12.4 Å². The summed E-state index contributed by atoms with van der Waals surface area (Å²) in [5, 5.41) is 21.2. The third-order valence-electron chi connectivity index (χ3n) is 2.25. The predicted octanol–water partition coefficient (Wildman–Crippen LogP) is 2.19. The first-order chi connectivity index (χ1) is 10.1. The Hall–Kier alpha value is -2.53. The molecule has 0 saturated carbocycles. The Morgan fingerprint density at radius 2 is 2.19 bits per heavy atom. The lowest BCUT2D eigenvalue weighted by atomic mass is 10.2. The van der Waals surface area contributed by atoms with E-state index in [1.165, 1.54) is 17.8 Å². The van der Waals surface area contributed by atoms with Crippen molar-refractivity contribution in [2.24, 2.45) is 0 Å². The van der Waals surface area contributed by atoms with Crippen molar-refractivity contribution in [3.63, 3.8) is 0 Å². The monoisotopic (exact) mass is 305 g/mol. The zero-order valence-electron chi connectivity index (χ0n) is 11.9. The van der Waals surface area contributed by atoms with Gasteiger partial charge >= 0.3 is 0 Å². The fourth-order valence-electron chi connectivity index (χ4n) is 1.16. The average molecular weight is 305 g/mol. The smallest absolute Gasteiger partial charge is 0.299 e. The van der Waals surface area contributed by atoms with Gasteiger partial charge in [-0.05, 0) is 12.0 Å². The number of hydrogen-bond acceptors (Lipinski definition) is 8. The molecule has 21 heavy (non-hydrogen) atoms. The number of ether oxygens (including phenoxy) is 1. The second-order valence-electron chi connectivity index (χ2n) is 4.06. The van der Waals surface area contributed by atoms with E-state index in [-0.39, 0.29) is 18.0 Å². The van der Waals surface area contributed by atoms with Crippen LogP contribution in [-0.4, -0.2) is 28.7 Å². The van der Waals surface area contributed by atoms with Crippen LogP contribution < -0.4 is 10.1 Å². The summed E-state index contributed by atoms with van der Waals surface area (Å²) in [5.41, 5.74) is 1.36. The van der Waals surface area contributed by atoms with Gasteiger partial charge in [0.2, 0.25) is 5.88 Å². The molecule has 1 N–H and O–H groups in total. The Balaban J connectivity index is 0.000000211. The third kappa shape index (κ3) is 5.54. The van der Waals surface area contributed by atoms with Gasteiger partial charge < -0.3 is 10.1 Å². The standard InChI is InChI=1S/C7H12N2S.C6H3N3O2/c1-5(2)6-4-10-7(8-3)9-6;7-3-5-1-2-6(9-8-5)11-4-10/h4-5H,1-3H3,(H,8,9);1-2,4H. The molecular weight excluding hydrogens is 290 g/mol. The summed E-state index contributed by atoms with van der Waals surface area (Å²) in [6.45, 7) is 4.54. The molecule has 8 heteroatoms. The molecule has 7 nitrogen and oxygen atoms in total. The number of hydrogen-bond donors (Lipinski definition) is 1. The highest BCUT2D eigenvalue weighted by molar-refractivity contribution is 7.13. The Bertz CT molecular complexity index is 604. The minimum atomic E-state index is 0.0824. The second-order valence-corrected chi connectivity index (χ2v) is 4.92. The maximum atomic E-state index is 9.77. The number of nitriles is 1. The van der Waals surface area contributed by atoms with Gasteiger partial charge in [0.1, 0.15) is 6.07 Å². The lowest BCUT2D eigenvalue weighted by molar-refractivity contribution is -0.121. The topological polar surface area (TPSA) is 101 Å². The SMILES string of the molecule is CNc1nc(C(C)C)cs1.N#Cc1ccc(OC=O)nn1. The van der Waals surface area contributed by atoms with Gasteiger partial charge in [-0.3, -0.25) is 4.79 Å². The van der Waals surface area contributed by atoms with Gasteiger partial charge in [-0.15, -0.1) is 21.5 Å². The Labute approximate surface area is 126 Å². The van der Waals surface area contributed by atoms with Crippen LogP contribution in [0.4, 0.5) is 5.13 Å². The second kappa shape index (κ2) is 8.60. The van der Waals surface area contributed by atoms with Crippen LogP contribution >= 0.6 is 11.3 Å². The van der Waals surface area contributed by atoms with Gasteiger partial charge in [0.25, 0.3) is 6.47 Å². The summed E-state index contributed by atoms with van der Waals surface area (Å²) in [5.74, 6) is 0.623. The molecule has 0 spiro atoms. The molecule has 2 rings (SSSR count). The van der Waals surface area contributed by atoms with Gasteiger partial charge in [0.05, 0.1) is 5.69 Å². The molecule has 0 saturated heterocycles. The van der Waals surface area contributed by atoms with Gasteiger partial charge in [-0.25, -0.2) is 4.98 Å². The Morgan fingerprint density at radius 1 is 1.43 bits per heavy atom. The maximum Gasteiger partial charge on any atom is 0.299 e. The molecule has 0 radical (unpaired) electrons. The predicted molar refractivity (Wildman–Crippen MR) is 79.2 cm³/mol. The van der Waals surface area contributed by atoms with E-state index in [1.54, 1.807) is 17.4 Å². The zero-order chi connectivity index (χ0) is 15.7. The summed E-state index contributed by atoms with van der Waals surface area (Å²) in [6, 6.07) is 4.58. The van der Waals surface area contributed by atoms with Crippen LogP contribution in [0.15, 0.2) is 17.5 Å². The fraction of sp³-hybridized carbons (Fsp3) is 0.308. The molecule has 0 unspecified atom stereocenters. The normalized spacial score (nSPS) is 9.29. The van der Waals surface area contributed by atoms with E-state index in [0.29, 0.717) is 5.92 Å². The maximum absolute atomic E-state index is 9.77. The molecule has 0 bridgehead atoms. The van der Waals surface area contributed by atoms with Crippen LogP contribution in [0.25, 0.3) is 0 Å². The Kier molecular flexibility index (Phi) is 6.77. The van der Waals surface area contributed by atoms with E-state index in [4.69, 9.17) is 5.26 Å². The number of carbonyl (C=O) groups is 1. The van der Waals surface area contributed by atoms with Crippen molar-refractivity contribution in [2.45, 2.75) is 19.8 Å². The highest BCUT2D eigenvalue weighted by Crippen LogP contribution is 2.20. The molecule has 0 aromatic carbocycles. The van der Waals surface area contributed by atoms with Crippen molar-refractivity contribution in [1.82, 2.24) is 15.2 Å². The van der Waals surface area contributed by atoms with Crippen LogP contribution in [-0.2, 0) is 4.79 Å². The molecule has 2 heterocycles. The molecule has 0 aliphatic carbocycles. The number of nitrogens with one attached hydrogen (secondary N) is 1. The van der Waals surface area contributed by atoms with Crippen molar-refractivity contribution in [3.05, 3.63) is 28.9 Å². The summed E-state index contributed by atoms with van der Waals surface area (Å²) in [6.07, 6.45) is 0. The number of anilines is 1. The van der Waals surface area contributed by atoms with E-state index < -0.39 is 0 Å². The molecule has 0 aliphatic heterocycles. The number of rotatable bonds is 4. The van der Waals surface area contributed by atoms with Crippen LogP contribution in [0.2, 0.25) is 0 Å². The van der Waals surface area contributed by atoms with Crippen molar-refractivity contribution < 1.29 is 9.53 Å². The van der Waals surface area contributed by atoms with Gasteiger partial charge in [0, 0.05) is 18.5 Å². The van der Waals surface area contributed by atoms with E-state index in [0.717, 1.165) is 5.13 Å². The minimum absolute atomic E-state index is 0.0824. The Morgan fingerprint density at radius 3 is 2.57 bits per heavy atom. The number of thiazole rings is 1. The third-order valence-corrected chi connectivity index (χ3v) is 3.13. The van der Waals surface area contributed by atoms with Crippen LogP contribution in [0.5, 0.6) is 5.88 Å². The molecular formula is C13H15N5O2S. The highest BCUT2D eigenvalue weighted by atomic mass is 32.1. The molecule has 0 amide bonds. The van der Waals surface area contributed by atoms with E-state index >= 15 is 0 Å². The minimum Gasteiger partial charge on any atom is -0.408 e. The van der Waals surface area contributed by atoms with Crippen molar-refractivity contribution in [3.8, 4) is 11.9 Å². The molecule has 0 atom stereocenters. The molecule has 110 valence electrons. The number of aromatic nitrogens is 3. The van der Waals surface area contributed by atoms with Gasteiger partial charge in [0.15, 0.2) is 10.8 Å². The first-order valence-corrected chi connectivity index (χ1v) is 6.96. The summed E-state index contributed by atoms with van der Waals surface area (Å²) < 4.78 is 4.34. The average Bonchev–Trinajstić information content (AvgIpc) is 2.98. The van der Waals surface area contributed by atoms with Crippen LogP contribution in [0, 0.1) is 11.3 Å². The lowest BCUT2D eigenvalue weighted by Crippen LogP contribution is -1.94. The molecule has 0 aliphatic rings. The van der Waals surface area contributed by atoms with Crippen molar-refractivity contribution >= 4 is 22.9 Å². The summed E-state index contributed by atoms with van der Waals surface area (Å²) in [4.78, 5) is 14.1. The quantitative estimate of drug-likeness (QED) is 0.864.